The smallest absolute Gasteiger partial charge is 0.241 e. The molecular weight excluding hydrogens is 318 g/mol. The summed E-state index contributed by atoms with van der Waals surface area (Å²) in [7, 11) is 0. The average molecular weight is 336 g/mol. The second-order valence-corrected chi connectivity index (χ2v) is 6.17. The molecule has 1 atom stereocenters. The van der Waals surface area contributed by atoms with Gasteiger partial charge >= 0.3 is 0 Å². The van der Waals surface area contributed by atoms with E-state index in [1.165, 1.54) is 0 Å². The number of benzene rings is 1. The maximum Gasteiger partial charge on any atom is 0.241 e. The van der Waals surface area contributed by atoms with Gasteiger partial charge < -0.3 is 11.1 Å². The summed E-state index contributed by atoms with van der Waals surface area (Å²) in [5.41, 5.74) is 7.35. The largest absolute Gasteiger partial charge is 0.323 e. The number of halogens is 1. The topological polar surface area (TPSA) is 68.0 Å². The molecule has 0 saturated carbocycles. The Morgan fingerprint density at radius 2 is 2.20 bits per heavy atom. The van der Waals surface area contributed by atoms with Gasteiger partial charge in [0.15, 0.2) is 0 Å². The van der Waals surface area contributed by atoms with E-state index in [1.807, 2.05) is 38.1 Å². The minimum atomic E-state index is -0.499. The predicted molar refractivity (Wildman–Crippen MR) is 85.5 cm³/mol. The molecule has 0 bridgehead atoms. The molecule has 0 aliphatic heterocycles. The average Bonchev–Trinajstić information content (AvgIpc) is 2.37. The number of para-hydroxylation sites is 1. The van der Waals surface area contributed by atoms with Gasteiger partial charge in [0.1, 0.15) is 0 Å². The van der Waals surface area contributed by atoms with Crippen molar-refractivity contribution in [1.29, 1.82) is 0 Å². The molecule has 106 valence electrons. The van der Waals surface area contributed by atoms with Crippen LogP contribution in [0, 0.1) is 5.92 Å². The Labute approximate surface area is 126 Å². The highest BCUT2D eigenvalue weighted by atomic mass is 79.9. The number of nitrogens with one attached hydrogen (secondary N) is 1. The quantitative estimate of drug-likeness (QED) is 0.900. The zero-order valence-corrected chi connectivity index (χ0v) is 13.1. The Bertz CT molecular complexity index is 628. The summed E-state index contributed by atoms with van der Waals surface area (Å²) < 4.78 is 0.907. The van der Waals surface area contributed by atoms with Crippen LogP contribution in [0.1, 0.15) is 20.3 Å². The molecule has 0 radical (unpaired) electrons. The molecular formula is C15H18BrN3O. The predicted octanol–water partition coefficient (Wildman–Crippen LogP) is 3.31. The highest BCUT2D eigenvalue weighted by molar-refractivity contribution is 9.10. The number of aromatic nitrogens is 1. The molecule has 0 aliphatic carbocycles. The number of hydrogen-bond acceptors (Lipinski definition) is 3. The van der Waals surface area contributed by atoms with E-state index in [4.69, 9.17) is 5.73 Å². The molecule has 4 nitrogen and oxygen atoms in total. The van der Waals surface area contributed by atoms with Crippen molar-refractivity contribution < 1.29 is 4.79 Å². The molecule has 1 aromatic carbocycles. The second-order valence-electron chi connectivity index (χ2n) is 5.26. The van der Waals surface area contributed by atoms with E-state index >= 15 is 0 Å². The fraction of sp³-hybridized carbons (Fsp3) is 0.333. The molecule has 2 rings (SSSR count). The molecule has 0 aliphatic rings. The standard InChI is InChI=1S/C15H18BrN3O/c1-9(2)6-12(17)15(20)19-13-5-3-4-10-7-11(16)8-18-14(10)13/h3-5,7-9,12H,6,17H2,1-2H3,(H,19,20)/t12-/m0/s1. The first-order chi connectivity index (χ1) is 9.47. The summed E-state index contributed by atoms with van der Waals surface area (Å²) in [5.74, 6) is 0.216. The van der Waals surface area contributed by atoms with Crippen LogP contribution in [0.5, 0.6) is 0 Å². The van der Waals surface area contributed by atoms with Crippen molar-refractivity contribution in [1.82, 2.24) is 4.98 Å². The van der Waals surface area contributed by atoms with Gasteiger partial charge in [-0.05, 0) is 40.4 Å². The third kappa shape index (κ3) is 3.55. The molecule has 20 heavy (non-hydrogen) atoms. The lowest BCUT2D eigenvalue weighted by Crippen LogP contribution is -2.36. The third-order valence-corrected chi connectivity index (χ3v) is 3.43. The maximum absolute atomic E-state index is 12.1. The van der Waals surface area contributed by atoms with Crippen molar-refractivity contribution in [2.24, 2.45) is 11.7 Å². The van der Waals surface area contributed by atoms with Gasteiger partial charge in [0.2, 0.25) is 5.91 Å². The molecule has 0 fully saturated rings. The molecule has 1 aromatic heterocycles. The number of nitrogens with zero attached hydrogens (tertiary/aromatic N) is 1. The van der Waals surface area contributed by atoms with Gasteiger partial charge in [-0.2, -0.15) is 0 Å². The van der Waals surface area contributed by atoms with Crippen molar-refractivity contribution in [2.75, 3.05) is 5.32 Å². The molecule has 0 unspecified atom stereocenters. The summed E-state index contributed by atoms with van der Waals surface area (Å²) in [4.78, 5) is 16.4. The monoisotopic (exact) mass is 335 g/mol. The Kier molecular flexibility index (Phi) is 4.73. The summed E-state index contributed by atoms with van der Waals surface area (Å²) in [6.07, 6.45) is 2.38. The van der Waals surface area contributed by atoms with E-state index < -0.39 is 6.04 Å². The summed E-state index contributed by atoms with van der Waals surface area (Å²) in [6, 6.07) is 7.15. The molecule has 0 saturated heterocycles. The summed E-state index contributed by atoms with van der Waals surface area (Å²) in [5, 5.41) is 3.83. The first kappa shape index (κ1) is 14.9. The fourth-order valence-electron chi connectivity index (χ4n) is 2.08. The Hall–Kier alpha value is -1.46. The van der Waals surface area contributed by atoms with E-state index in [1.54, 1.807) is 6.20 Å². The Morgan fingerprint density at radius 1 is 1.45 bits per heavy atom. The van der Waals surface area contributed by atoms with Crippen LogP contribution in [0.4, 0.5) is 5.69 Å². The number of carbonyl (C=O) groups excluding carboxylic acids is 1. The van der Waals surface area contributed by atoms with Gasteiger partial charge in [-0.3, -0.25) is 9.78 Å². The number of carbonyl (C=O) groups is 1. The number of nitrogens with two attached hydrogens (primary N) is 1. The Morgan fingerprint density at radius 3 is 2.90 bits per heavy atom. The molecule has 5 heteroatoms. The lowest BCUT2D eigenvalue weighted by molar-refractivity contribution is -0.117. The summed E-state index contributed by atoms with van der Waals surface area (Å²) in [6.45, 7) is 4.09. The van der Waals surface area contributed by atoms with Crippen molar-refractivity contribution >= 4 is 38.4 Å². The lowest BCUT2D eigenvalue weighted by Gasteiger charge is -2.15. The molecule has 0 spiro atoms. The second kappa shape index (κ2) is 6.33. The molecule has 1 heterocycles. The SMILES string of the molecule is CC(C)C[C@H](N)C(=O)Nc1cccc2cc(Br)cnc12. The van der Waals surface area contributed by atoms with Crippen molar-refractivity contribution in [3.8, 4) is 0 Å². The van der Waals surface area contributed by atoms with Gasteiger partial charge in [0.25, 0.3) is 0 Å². The van der Waals surface area contributed by atoms with Gasteiger partial charge in [0, 0.05) is 16.1 Å². The normalized spacial score (nSPS) is 12.7. The highest BCUT2D eigenvalue weighted by Crippen LogP contribution is 2.24. The van der Waals surface area contributed by atoms with Gasteiger partial charge in [-0.1, -0.05) is 26.0 Å². The van der Waals surface area contributed by atoms with E-state index in [0.717, 1.165) is 15.4 Å². The Balaban J connectivity index is 2.23. The van der Waals surface area contributed by atoms with Crippen molar-refractivity contribution in [3.63, 3.8) is 0 Å². The molecule has 1 amide bonds. The van der Waals surface area contributed by atoms with Crippen molar-refractivity contribution in [3.05, 3.63) is 34.9 Å². The zero-order valence-electron chi connectivity index (χ0n) is 11.6. The van der Waals surface area contributed by atoms with Gasteiger partial charge in [0.05, 0.1) is 17.2 Å². The van der Waals surface area contributed by atoms with Crippen LogP contribution >= 0.6 is 15.9 Å². The van der Waals surface area contributed by atoms with Crippen LogP contribution in [0.2, 0.25) is 0 Å². The van der Waals surface area contributed by atoms with E-state index in [9.17, 15) is 4.79 Å². The number of fused-ring (bicyclic) bond motifs is 1. The number of hydrogen-bond donors (Lipinski definition) is 2. The number of rotatable bonds is 4. The first-order valence-electron chi connectivity index (χ1n) is 6.58. The minimum Gasteiger partial charge on any atom is -0.323 e. The first-order valence-corrected chi connectivity index (χ1v) is 7.37. The van der Waals surface area contributed by atoms with Crippen LogP contribution in [-0.2, 0) is 4.79 Å². The van der Waals surface area contributed by atoms with Crippen LogP contribution in [-0.4, -0.2) is 16.9 Å². The van der Waals surface area contributed by atoms with Crippen LogP contribution < -0.4 is 11.1 Å². The number of pyridine rings is 1. The van der Waals surface area contributed by atoms with E-state index in [2.05, 4.69) is 26.2 Å². The third-order valence-electron chi connectivity index (χ3n) is 3.00. The van der Waals surface area contributed by atoms with Gasteiger partial charge in [-0.15, -0.1) is 0 Å². The summed E-state index contributed by atoms with van der Waals surface area (Å²) >= 11 is 3.39. The highest BCUT2D eigenvalue weighted by Gasteiger charge is 2.16. The maximum atomic E-state index is 12.1. The zero-order chi connectivity index (χ0) is 14.7. The van der Waals surface area contributed by atoms with Crippen molar-refractivity contribution in [2.45, 2.75) is 26.3 Å². The minimum absolute atomic E-state index is 0.170. The fourth-order valence-corrected chi connectivity index (χ4v) is 2.42. The number of anilines is 1. The van der Waals surface area contributed by atoms with Gasteiger partial charge in [-0.25, -0.2) is 0 Å². The van der Waals surface area contributed by atoms with Crippen LogP contribution in [0.15, 0.2) is 34.9 Å². The lowest BCUT2D eigenvalue weighted by atomic mass is 10.0. The molecule has 2 aromatic rings. The van der Waals surface area contributed by atoms with Crippen LogP contribution in [0.25, 0.3) is 10.9 Å². The van der Waals surface area contributed by atoms with Crippen LogP contribution in [0.3, 0.4) is 0 Å². The van der Waals surface area contributed by atoms with E-state index in [0.29, 0.717) is 18.0 Å². The van der Waals surface area contributed by atoms with E-state index in [-0.39, 0.29) is 5.91 Å². The molecule has 3 N–H and O–H groups in total. The number of amides is 1.